The fourth-order valence-electron chi connectivity index (χ4n) is 11.1. The maximum Gasteiger partial charge on any atom is 0.238 e. The van der Waals surface area contributed by atoms with Gasteiger partial charge in [0.1, 0.15) is 11.2 Å². The minimum absolute atomic E-state index is 0.529. The van der Waals surface area contributed by atoms with Crippen molar-refractivity contribution < 1.29 is 4.42 Å². The van der Waals surface area contributed by atoms with E-state index in [4.69, 9.17) is 19.4 Å². The predicted molar refractivity (Wildman–Crippen MR) is 285 cm³/mol. The fraction of sp³-hybridized carbons (Fsp3) is 0. The van der Waals surface area contributed by atoms with E-state index in [0.717, 1.165) is 93.5 Å². The molecule has 15 rings (SSSR count). The van der Waals surface area contributed by atoms with E-state index in [1.807, 2.05) is 36.4 Å². The van der Waals surface area contributed by atoms with Gasteiger partial charge in [0.25, 0.3) is 0 Å². The molecule has 0 N–H and O–H groups in total. The SMILES string of the molecule is c1ccc(-c2nc(-c3ccc4c(c3)oc3ccccc34)nc(-n3c4ccccc4c4ccc5c6ccccc6n(-c6ccccc6-c6ccc7c8ccccc8c8ccccc8c7c6)c5c43)n2)cc1. The third-order valence-electron chi connectivity index (χ3n) is 14.2. The zero-order valence-electron chi connectivity index (χ0n) is 37.0. The number of hydrogen-bond acceptors (Lipinski definition) is 4. The first-order valence-electron chi connectivity index (χ1n) is 23.4. The van der Waals surface area contributed by atoms with Crippen molar-refractivity contribution in [2.75, 3.05) is 0 Å². The quantitative estimate of drug-likeness (QED) is 0.162. The van der Waals surface area contributed by atoms with Crippen LogP contribution in [0.5, 0.6) is 0 Å². The first-order chi connectivity index (χ1) is 34.2. The smallest absolute Gasteiger partial charge is 0.238 e. The summed E-state index contributed by atoms with van der Waals surface area (Å²) in [7, 11) is 0. The molecule has 4 heterocycles. The normalized spacial score (nSPS) is 12.1. The van der Waals surface area contributed by atoms with Gasteiger partial charge in [-0.05, 0) is 80.3 Å². The molecule has 0 fully saturated rings. The molecule has 0 aliphatic carbocycles. The molecule has 0 saturated carbocycles. The predicted octanol–water partition coefficient (Wildman–Crippen LogP) is 16.4. The van der Waals surface area contributed by atoms with Gasteiger partial charge in [-0.3, -0.25) is 4.57 Å². The summed E-state index contributed by atoms with van der Waals surface area (Å²) in [5.41, 5.74) is 10.9. The zero-order valence-corrected chi connectivity index (χ0v) is 37.0. The lowest BCUT2D eigenvalue weighted by molar-refractivity contribution is 0.669. The van der Waals surface area contributed by atoms with Crippen molar-refractivity contribution in [2.45, 2.75) is 0 Å². The maximum atomic E-state index is 6.40. The molecule has 15 aromatic rings. The van der Waals surface area contributed by atoms with Crippen LogP contribution in [0.2, 0.25) is 0 Å². The zero-order chi connectivity index (χ0) is 45.2. The Hall–Kier alpha value is -9.39. The Morgan fingerprint density at radius 1 is 0.290 bits per heavy atom. The molecule has 0 saturated heterocycles. The van der Waals surface area contributed by atoms with Crippen LogP contribution in [0.15, 0.2) is 229 Å². The number of rotatable bonds is 5. The lowest BCUT2D eigenvalue weighted by Gasteiger charge is -2.17. The van der Waals surface area contributed by atoms with Crippen molar-refractivity contribution >= 4 is 97.9 Å². The van der Waals surface area contributed by atoms with Crippen LogP contribution in [0.1, 0.15) is 0 Å². The average molecular weight is 880 g/mol. The molecule has 320 valence electrons. The molecule has 6 nitrogen and oxygen atoms in total. The van der Waals surface area contributed by atoms with E-state index in [9.17, 15) is 0 Å². The van der Waals surface area contributed by atoms with E-state index in [0.29, 0.717) is 17.6 Å². The summed E-state index contributed by atoms with van der Waals surface area (Å²) >= 11 is 0. The number of benzene rings is 11. The largest absolute Gasteiger partial charge is 0.456 e. The number of furan rings is 1. The van der Waals surface area contributed by atoms with Crippen LogP contribution in [-0.4, -0.2) is 24.1 Å². The van der Waals surface area contributed by atoms with Crippen molar-refractivity contribution in [1.82, 2.24) is 24.1 Å². The number of nitrogens with zero attached hydrogens (tertiary/aromatic N) is 5. The van der Waals surface area contributed by atoms with E-state index < -0.39 is 0 Å². The average Bonchev–Trinajstić information content (AvgIpc) is 4.08. The van der Waals surface area contributed by atoms with Gasteiger partial charge < -0.3 is 8.98 Å². The highest BCUT2D eigenvalue weighted by atomic mass is 16.3. The van der Waals surface area contributed by atoms with Gasteiger partial charge in [0.15, 0.2) is 11.6 Å². The first kappa shape index (κ1) is 37.8. The summed E-state index contributed by atoms with van der Waals surface area (Å²) in [6, 6.07) is 79.9. The van der Waals surface area contributed by atoms with Crippen LogP contribution in [0, 0.1) is 0 Å². The van der Waals surface area contributed by atoms with Crippen LogP contribution in [0.4, 0.5) is 0 Å². The summed E-state index contributed by atoms with van der Waals surface area (Å²) in [4.78, 5) is 16.0. The Morgan fingerprint density at radius 3 is 1.48 bits per heavy atom. The molecule has 0 radical (unpaired) electrons. The lowest BCUT2D eigenvalue weighted by atomic mass is 9.92. The Morgan fingerprint density at radius 2 is 0.768 bits per heavy atom. The van der Waals surface area contributed by atoms with Crippen LogP contribution < -0.4 is 0 Å². The second-order valence-corrected chi connectivity index (χ2v) is 17.9. The minimum Gasteiger partial charge on any atom is -0.456 e. The van der Waals surface area contributed by atoms with Crippen LogP contribution in [0.3, 0.4) is 0 Å². The van der Waals surface area contributed by atoms with Gasteiger partial charge in [0, 0.05) is 49.0 Å². The summed E-state index contributed by atoms with van der Waals surface area (Å²) < 4.78 is 11.1. The van der Waals surface area contributed by atoms with Crippen LogP contribution in [0.25, 0.3) is 143 Å². The summed E-state index contributed by atoms with van der Waals surface area (Å²) in [6.07, 6.45) is 0. The summed E-state index contributed by atoms with van der Waals surface area (Å²) in [6.45, 7) is 0. The first-order valence-corrected chi connectivity index (χ1v) is 23.4. The highest BCUT2D eigenvalue weighted by Gasteiger charge is 2.25. The van der Waals surface area contributed by atoms with Crippen LogP contribution in [-0.2, 0) is 0 Å². The van der Waals surface area contributed by atoms with Crippen molar-refractivity contribution in [3.63, 3.8) is 0 Å². The Balaban J connectivity index is 1.03. The van der Waals surface area contributed by atoms with Gasteiger partial charge in [0.2, 0.25) is 5.95 Å². The van der Waals surface area contributed by atoms with Crippen molar-refractivity contribution in [3.05, 3.63) is 224 Å². The fourth-order valence-corrected chi connectivity index (χ4v) is 11.1. The van der Waals surface area contributed by atoms with Gasteiger partial charge in [-0.25, -0.2) is 4.98 Å². The van der Waals surface area contributed by atoms with E-state index in [1.54, 1.807) is 0 Å². The van der Waals surface area contributed by atoms with Gasteiger partial charge in [-0.1, -0.05) is 182 Å². The van der Waals surface area contributed by atoms with Crippen molar-refractivity contribution in [3.8, 4) is 45.5 Å². The van der Waals surface area contributed by atoms with Gasteiger partial charge in [0.05, 0.1) is 27.8 Å². The van der Waals surface area contributed by atoms with Crippen LogP contribution >= 0.6 is 0 Å². The number of aromatic nitrogens is 5. The van der Waals surface area contributed by atoms with Crippen molar-refractivity contribution in [2.24, 2.45) is 0 Å². The third kappa shape index (κ3) is 5.57. The Kier molecular flexibility index (Phi) is 7.97. The molecule has 6 heteroatoms. The second-order valence-electron chi connectivity index (χ2n) is 17.9. The monoisotopic (exact) mass is 879 g/mol. The highest BCUT2D eigenvalue weighted by Crippen LogP contribution is 2.44. The molecule has 0 unspecified atom stereocenters. The van der Waals surface area contributed by atoms with E-state index >= 15 is 0 Å². The molecule has 11 aromatic carbocycles. The standard InChI is InChI=1S/C63H37N5O/c1-2-16-38(17-3-1)61-64-62(40-31-33-50-49-25-11-15-29-57(49)69-58(50)37-40)66-63(65-61)68-56-28-14-10-24-48(56)52-35-34-51-47-23-9-13-27-55(47)67(59(51)60(52)68)54-26-12-8-18-41(54)39-30-32-46-44-21-5-4-19-42(44)43-20-6-7-22-45(43)53(46)36-39/h1-37H. The molecule has 0 bridgehead atoms. The number of hydrogen-bond donors (Lipinski definition) is 0. The summed E-state index contributed by atoms with van der Waals surface area (Å²) in [5.74, 6) is 1.67. The Labute approximate surface area is 394 Å². The molecule has 0 spiro atoms. The number of fused-ring (bicyclic) bond motifs is 16. The molecule has 0 atom stereocenters. The molecule has 0 aliphatic rings. The van der Waals surface area contributed by atoms with Gasteiger partial charge in [-0.2, -0.15) is 9.97 Å². The van der Waals surface area contributed by atoms with Crippen molar-refractivity contribution in [1.29, 1.82) is 0 Å². The second kappa shape index (κ2) is 14.6. The van der Waals surface area contributed by atoms with Gasteiger partial charge in [-0.15, -0.1) is 0 Å². The number of para-hydroxylation sites is 4. The highest BCUT2D eigenvalue weighted by molar-refractivity contribution is 6.26. The molecule has 0 amide bonds. The minimum atomic E-state index is 0.529. The van der Waals surface area contributed by atoms with E-state index in [-0.39, 0.29) is 0 Å². The lowest BCUT2D eigenvalue weighted by Crippen LogP contribution is -2.07. The Bertz CT molecular complexity index is 4580. The van der Waals surface area contributed by atoms with E-state index in [2.05, 4.69) is 197 Å². The third-order valence-corrected chi connectivity index (χ3v) is 14.2. The molecular weight excluding hydrogens is 843 g/mol. The molecule has 4 aromatic heterocycles. The molecule has 0 aliphatic heterocycles. The molecular formula is C63H37N5O. The van der Waals surface area contributed by atoms with Gasteiger partial charge >= 0.3 is 0 Å². The topological polar surface area (TPSA) is 61.7 Å². The maximum absolute atomic E-state index is 6.40. The van der Waals surface area contributed by atoms with E-state index in [1.165, 1.54) is 32.3 Å². The molecule has 69 heavy (non-hydrogen) atoms. The summed E-state index contributed by atoms with van der Waals surface area (Å²) in [5, 5.41) is 14.2.